The largest absolute Gasteiger partial charge is 0.497 e. The second-order valence-electron chi connectivity index (χ2n) is 6.40. The summed E-state index contributed by atoms with van der Waals surface area (Å²) < 4.78 is 10.9. The zero-order valence-corrected chi connectivity index (χ0v) is 13.9. The zero-order chi connectivity index (χ0) is 16.1. The second kappa shape index (κ2) is 7.68. The van der Waals surface area contributed by atoms with Crippen LogP contribution in [0.5, 0.6) is 5.75 Å². The van der Waals surface area contributed by atoms with Crippen molar-refractivity contribution in [1.82, 2.24) is 5.32 Å². The van der Waals surface area contributed by atoms with Crippen LogP contribution < -0.4 is 15.8 Å². The Hall–Kier alpha value is -1.75. The number of aryl methyl sites for hydroxylation is 1. The molecule has 2 atom stereocenters. The third-order valence-electron chi connectivity index (χ3n) is 4.81. The number of fused-ring (bicyclic) bond motifs is 1. The molecule has 5 heteroatoms. The first-order valence-corrected chi connectivity index (χ1v) is 8.58. The van der Waals surface area contributed by atoms with Gasteiger partial charge in [-0.1, -0.05) is 6.07 Å². The van der Waals surface area contributed by atoms with Gasteiger partial charge in [0.1, 0.15) is 5.75 Å². The summed E-state index contributed by atoms with van der Waals surface area (Å²) in [7, 11) is 1.72. The van der Waals surface area contributed by atoms with Crippen LogP contribution in [-0.2, 0) is 11.2 Å². The fraction of sp³-hybridized carbons (Fsp3) is 0.611. The first-order chi connectivity index (χ1) is 11.3. The molecule has 3 rings (SSSR count). The van der Waals surface area contributed by atoms with Gasteiger partial charge in [0.2, 0.25) is 0 Å². The number of benzene rings is 1. The highest BCUT2D eigenvalue weighted by Gasteiger charge is 2.21. The van der Waals surface area contributed by atoms with E-state index in [1.165, 1.54) is 24.0 Å². The Morgan fingerprint density at radius 1 is 1.39 bits per heavy atom. The standard InChI is InChI=1S/C18H27N3O2/c1-22-15-7-8-17-13(10-15)4-2-5-14(17)11-20-18(19)21-12-16-6-3-9-23-16/h7-8,10,14,16H,2-6,9,11-12H2,1H3,(H3,19,20,21). The second-order valence-corrected chi connectivity index (χ2v) is 6.40. The number of aliphatic imine (C=N–C) groups is 1. The third-order valence-corrected chi connectivity index (χ3v) is 4.81. The molecule has 1 aromatic rings. The van der Waals surface area contributed by atoms with Gasteiger partial charge in [-0.15, -0.1) is 0 Å². The lowest BCUT2D eigenvalue weighted by molar-refractivity contribution is 0.118. The van der Waals surface area contributed by atoms with Gasteiger partial charge in [-0.05, 0) is 55.4 Å². The van der Waals surface area contributed by atoms with E-state index < -0.39 is 0 Å². The molecule has 126 valence electrons. The topological polar surface area (TPSA) is 68.9 Å². The Bertz CT molecular complexity index is 553. The molecule has 1 saturated heterocycles. The predicted molar refractivity (Wildman–Crippen MR) is 92.1 cm³/mol. The lowest BCUT2D eigenvalue weighted by atomic mass is 9.82. The number of nitrogens with one attached hydrogen (secondary N) is 1. The maximum atomic E-state index is 6.00. The highest BCUT2D eigenvalue weighted by molar-refractivity contribution is 5.77. The first-order valence-electron chi connectivity index (χ1n) is 8.58. The van der Waals surface area contributed by atoms with Crippen LogP contribution in [0.2, 0.25) is 0 Å². The van der Waals surface area contributed by atoms with Gasteiger partial charge in [-0.2, -0.15) is 0 Å². The molecule has 0 amide bonds. The molecule has 0 aromatic heterocycles. The van der Waals surface area contributed by atoms with Gasteiger partial charge in [0, 0.05) is 19.1 Å². The molecular weight excluding hydrogens is 290 g/mol. The maximum Gasteiger partial charge on any atom is 0.188 e. The van der Waals surface area contributed by atoms with Crippen molar-refractivity contribution in [3.63, 3.8) is 0 Å². The van der Waals surface area contributed by atoms with Crippen LogP contribution in [0.4, 0.5) is 0 Å². The molecule has 0 saturated carbocycles. The lowest BCUT2D eigenvalue weighted by Crippen LogP contribution is -2.36. The molecule has 1 fully saturated rings. The molecule has 5 nitrogen and oxygen atoms in total. The minimum absolute atomic E-state index is 0.248. The maximum absolute atomic E-state index is 6.00. The normalized spacial score (nSPS) is 24.3. The molecule has 23 heavy (non-hydrogen) atoms. The summed E-state index contributed by atoms with van der Waals surface area (Å²) in [4.78, 5) is 4.41. The van der Waals surface area contributed by atoms with Gasteiger partial charge in [0.25, 0.3) is 0 Å². The van der Waals surface area contributed by atoms with E-state index in [-0.39, 0.29) is 6.10 Å². The van der Waals surface area contributed by atoms with Gasteiger partial charge in [0.05, 0.1) is 19.8 Å². The quantitative estimate of drug-likeness (QED) is 0.645. The summed E-state index contributed by atoms with van der Waals surface area (Å²) in [6.45, 7) is 2.35. The number of hydrogen-bond acceptors (Lipinski definition) is 3. The van der Waals surface area contributed by atoms with Crippen molar-refractivity contribution in [2.45, 2.75) is 44.1 Å². The van der Waals surface area contributed by atoms with Crippen LogP contribution in [0.15, 0.2) is 23.2 Å². The Kier molecular flexibility index (Phi) is 5.39. The summed E-state index contributed by atoms with van der Waals surface area (Å²) in [5.74, 6) is 1.96. The van der Waals surface area contributed by atoms with Crippen molar-refractivity contribution in [3.8, 4) is 5.75 Å². The van der Waals surface area contributed by atoms with Gasteiger partial charge in [-0.25, -0.2) is 0 Å². The Morgan fingerprint density at radius 3 is 3.09 bits per heavy atom. The number of hydrogen-bond donors (Lipinski definition) is 2. The Labute approximate surface area is 138 Å². The molecule has 1 aromatic carbocycles. The minimum atomic E-state index is 0.248. The van der Waals surface area contributed by atoms with E-state index in [2.05, 4.69) is 22.4 Å². The van der Waals surface area contributed by atoms with E-state index in [9.17, 15) is 0 Å². The lowest BCUT2D eigenvalue weighted by Gasteiger charge is -2.26. The molecule has 2 unspecified atom stereocenters. The third kappa shape index (κ3) is 4.16. The van der Waals surface area contributed by atoms with Crippen LogP contribution in [0.3, 0.4) is 0 Å². The van der Waals surface area contributed by atoms with Crippen LogP contribution in [0, 0.1) is 0 Å². The molecule has 0 spiro atoms. The van der Waals surface area contributed by atoms with Gasteiger partial charge < -0.3 is 20.5 Å². The molecule has 2 aliphatic rings. The molecule has 0 radical (unpaired) electrons. The summed E-state index contributed by atoms with van der Waals surface area (Å²) in [6, 6.07) is 6.40. The highest BCUT2D eigenvalue weighted by Crippen LogP contribution is 2.33. The fourth-order valence-electron chi connectivity index (χ4n) is 3.50. The van der Waals surface area contributed by atoms with E-state index in [1.54, 1.807) is 7.11 Å². The average molecular weight is 317 g/mol. The number of nitrogens with zero attached hydrogens (tertiary/aromatic N) is 1. The highest BCUT2D eigenvalue weighted by atomic mass is 16.5. The molecule has 1 heterocycles. The van der Waals surface area contributed by atoms with Crippen LogP contribution in [0.1, 0.15) is 42.7 Å². The van der Waals surface area contributed by atoms with E-state index in [4.69, 9.17) is 15.2 Å². The Morgan fingerprint density at radius 2 is 2.30 bits per heavy atom. The number of rotatable bonds is 5. The van der Waals surface area contributed by atoms with E-state index in [0.29, 0.717) is 18.4 Å². The number of guanidine groups is 1. The Balaban J connectivity index is 1.55. The van der Waals surface area contributed by atoms with Gasteiger partial charge in [0.15, 0.2) is 5.96 Å². The van der Waals surface area contributed by atoms with Crippen molar-refractivity contribution in [2.75, 3.05) is 26.8 Å². The molecule has 1 aliphatic carbocycles. The number of methoxy groups -OCH3 is 1. The number of nitrogens with two attached hydrogens (primary N) is 1. The van der Waals surface area contributed by atoms with E-state index in [1.807, 2.05) is 6.07 Å². The molecule has 0 bridgehead atoms. The van der Waals surface area contributed by atoms with Crippen molar-refractivity contribution in [1.29, 1.82) is 0 Å². The van der Waals surface area contributed by atoms with Crippen LogP contribution >= 0.6 is 0 Å². The van der Waals surface area contributed by atoms with Crippen LogP contribution in [-0.4, -0.2) is 38.9 Å². The zero-order valence-electron chi connectivity index (χ0n) is 13.9. The monoisotopic (exact) mass is 317 g/mol. The van der Waals surface area contributed by atoms with Crippen molar-refractivity contribution < 1.29 is 9.47 Å². The number of ether oxygens (including phenoxy) is 2. The van der Waals surface area contributed by atoms with E-state index >= 15 is 0 Å². The average Bonchev–Trinajstić information content (AvgIpc) is 3.11. The van der Waals surface area contributed by atoms with E-state index in [0.717, 1.165) is 38.2 Å². The van der Waals surface area contributed by atoms with Gasteiger partial charge >= 0.3 is 0 Å². The summed E-state index contributed by atoms with van der Waals surface area (Å²) in [5.41, 5.74) is 8.81. The summed E-state index contributed by atoms with van der Waals surface area (Å²) in [6.07, 6.45) is 6.00. The fourth-order valence-corrected chi connectivity index (χ4v) is 3.50. The molecule has 3 N–H and O–H groups in total. The van der Waals surface area contributed by atoms with Gasteiger partial charge in [-0.3, -0.25) is 4.99 Å². The van der Waals surface area contributed by atoms with Crippen molar-refractivity contribution >= 4 is 5.96 Å². The molecule has 1 aliphatic heterocycles. The SMILES string of the molecule is COc1ccc2c(c1)CCCC2CNC(N)=NCC1CCCO1. The summed E-state index contributed by atoms with van der Waals surface area (Å²) in [5, 5.41) is 3.29. The smallest absolute Gasteiger partial charge is 0.188 e. The van der Waals surface area contributed by atoms with Crippen molar-refractivity contribution in [3.05, 3.63) is 29.3 Å². The molecular formula is C18H27N3O2. The first kappa shape index (κ1) is 16.1. The minimum Gasteiger partial charge on any atom is -0.497 e. The van der Waals surface area contributed by atoms with Crippen molar-refractivity contribution in [2.24, 2.45) is 10.7 Å². The predicted octanol–water partition coefficient (Wildman–Crippen LogP) is 2.20. The summed E-state index contributed by atoms with van der Waals surface area (Å²) >= 11 is 0. The van der Waals surface area contributed by atoms with Crippen LogP contribution in [0.25, 0.3) is 0 Å².